The minimum atomic E-state index is -0.380. The summed E-state index contributed by atoms with van der Waals surface area (Å²) in [7, 11) is 0. The van der Waals surface area contributed by atoms with Crippen LogP contribution in [0.5, 0.6) is 5.75 Å². The minimum absolute atomic E-state index is 0.0560. The Balaban J connectivity index is 2.92. The molecule has 1 aromatic carbocycles. The highest BCUT2D eigenvalue weighted by Crippen LogP contribution is 2.25. The molecular weight excluding hydrogens is 236 g/mol. The molecule has 0 aliphatic heterocycles. The van der Waals surface area contributed by atoms with Crippen LogP contribution in [0.15, 0.2) is 18.2 Å². The first-order chi connectivity index (χ1) is 8.87. The second kappa shape index (κ2) is 6.58. The number of nitrogens with one attached hydrogen (secondary N) is 1. The molecule has 1 rings (SSSR count). The van der Waals surface area contributed by atoms with Crippen molar-refractivity contribution in [2.45, 2.75) is 59.2 Å². The van der Waals surface area contributed by atoms with Crippen molar-refractivity contribution in [1.82, 2.24) is 5.32 Å². The van der Waals surface area contributed by atoms with Crippen molar-refractivity contribution in [3.8, 4) is 11.8 Å². The summed E-state index contributed by atoms with van der Waals surface area (Å²) in [5, 5.41) is 12.5. The Morgan fingerprint density at radius 2 is 2.05 bits per heavy atom. The smallest absolute Gasteiger partial charge is 0.184 e. The van der Waals surface area contributed by atoms with E-state index in [9.17, 15) is 0 Å². The van der Waals surface area contributed by atoms with Gasteiger partial charge in [0.05, 0.1) is 0 Å². The zero-order valence-corrected chi connectivity index (χ0v) is 12.6. The van der Waals surface area contributed by atoms with E-state index in [4.69, 9.17) is 10.00 Å². The summed E-state index contributed by atoms with van der Waals surface area (Å²) in [6.07, 6.45) is 0.311. The molecule has 0 aliphatic rings. The summed E-state index contributed by atoms with van der Waals surface area (Å²) in [5.74, 6) is 0.840. The summed E-state index contributed by atoms with van der Waals surface area (Å²) in [6.45, 7) is 11.1. The fourth-order valence-corrected chi connectivity index (χ4v) is 1.72. The molecule has 0 heterocycles. The number of nitrogens with zero attached hydrogens (tertiary/aromatic N) is 1. The van der Waals surface area contributed by atoms with Crippen LogP contribution in [0.4, 0.5) is 0 Å². The standard InChI is InChI=1S/C16H24N2O/c1-6-14(10-17)19-15-12(2)8-7-9-13(15)11-18-16(3,4)5/h7-9,14,18H,6,11H2,1-5H3. The molecule has 0 saturated carbocycles. The van der Waals surface area contributed by atoms with Crippen molar-refractivity contribution in [1.29, 1.82) is 5.26 Å². The van der Waals surface area contributed by atoms with Crippen LogP contribution < -0.4 is 10.1 Å². The van der Waals surface area contributed by atoms with Gasteiger partial charge < -0.3 is 10.1 Å². The van der Waals surface area contributed by atoms with Crippen LogP contribution in [-0.4, -0.2) is 11.6 Å². The van der Waals surface area contributed by atoms with Crippen molar-refractivity contribution >= 4 is 0 Å². The Morgan fingerprint density at radius 1 is 1.37 bits per heavy atom. The second-order valence-corrected chi connectivity index (χ2v) is 5.81. The molecular formula is C16H24N2O. The Morgan fingerprint density at radius 3 is 2.58 bits per heavy atom. The van der Waals surface area contributed by atoms with E-state index in [0.29, 0.717) is 6.42 Å². The number of para-hydroxylation sites is 1. The lowest BCUT2D eigenvalue weighted by Gasteiger charge is -2.23. The van der Waals surface area contributed by atoms with E-state index >= 15 is 0 Å². The van der Waals surface area contributed by atoms with Crippen LogP contribution in [0, 0.1) is 18.3 Å². The molecule has 1 atom stereocenters. The van der Waals surface area contributed by atoms with Gasteiger partial charge >= 0.3 is 0 Å². The van der Waals surface area contributed by atoms with Gasteiger partial charge in [0.25, 0.3) is 0 Å². The predicted octanol–water partition coefficient (Wildman–Crippen LogP) is 3.56. The highest BCUT2D eigenvalue weighted by Gasteiger charge is 2.15. The monoisotopic (exact) mass is 260 g/mol. The highest BCUT2D eigenvalue weighted by atomic mass is 16.5. The largest absolute Gasteiger partial charge is 0.475 e. The van der Waals surface area contributed by atoms with E-state index in [1.165, 1.54) is 0 Å². The van der Waals surface area contributed by atoms with Crippen molar-refractivity contribution in [3.63, 3.8) is 0 Å². The number of ether oxygens (including phenoxy) is 1. The van der Waals surface area contributed by atoms with Gasteiger partial charge in [-0.05, 0) is 39.7 Å². The first-order valence-corrected chi connectivity index (χ1v) is 6.77. The van der Waals surface area contributed by atoms with Gasteiger partial charge in [-0.3, -0.25) is 0 Å². The fraction of sp³-hybridized carbons (Fsp3) is 0.562. The summed E-state index contributed by atoms with van der Waals surface area (Å²) in [6, 6.07) is 8.27. The number of hydrogen-bond acceptors (Lipinski definition) is 3. The van der Waals surface area contributed by atoms with Gasteiger partial charge in [-0.2, -0.15) is 5.26 Å². The van der Waals surface area contributed by atoms with Gasteiger partial charge in [-0.1, -0.05) is 25.1 Å². The maximum atomic E-state index is 9.04. The Hall–Kier alpha value is -1.53. The fourth-order valence-electron chi connectivity index (χ4n) is 1.72. The quantitative estimate of drug-likeness (QED) is 0.880. The maximum absolute atomic E-state index is 9.04. The summed E-state index contributed by atoms with van der Waals surface area (Å²) in [4.78, 5) is 0. The molecule has 19 heavy (non-hydrogen) atoms. The van der Waals surface area contributed by atoms with Crippen LogP contribution in [0.3, 0.4) is 0 Å². The normalized spacial score (nSPS) is 12.8. The molecule has 0 saturated heterocycles. The average Bonchev–Trinajstić information content (AvgIpc) is 2.34. The molecule has 1 unspecified atom stereocenters. The van der Waals surface area contributed by atoms with Gasteiger partial charge in [0.1, 0.15) is 11.8 Å². The highest BCUT2D eigenvalue weighted by molar-refractivity contribution is 5.41. The maximum Gasteiger partial charge on any atom is 0.184 e. The predicted molar refractivity (Wildman–Crippen MR) is 78.1 cm³/mol. The third-order valence-corrected chi connectivity index (χ3v) is 2.88. The Labute approximate surface area is 116 Å². The average molecular weight is 260 g/mol. The van der Waals surface area contributed by atoms with E-state index < -0.39 is 0 Å². The molecule has 0 radical (unpaired) electrons. The van der Waals surface area contributed by atoms with E-state index in [1.807, 2.05) is 32.0 Å². The van der Waals surface area contributed by atoms with E-state index in [-0.39, 0.29) is 11.6 Å². The van der Waals surface area contributed by atoms with E-state index in [0.717, 1.165) is 23.4 Å². The summed E-state index contributed by atoms with van der Waals surface area (Å²) < 4.78 is 5.84. The molecule has 3 heteroatoms. The summed E-state index contributed by atoms with van der Waals surface area (Å²) in [5.41, 5.74) is 2.23. The summed E-state index contributed by atoms with van der Waals surface area (Å²) >= 11 is 0. The van der Waals surface area contributed by atoms with Crippen molar-refractivity contribution in [2.24, 2.45) is 0 Å². The number of hydrogen-bond donors (Lipinski definition) is 1. The molecule has 0 spiro atoms. The van der Waals surface area contributed by atoms with Crippen LogP contribution in [0.2, 0.25) is 0 Å². The third kappa shape index (κ3) is 4.92. The van der Waals surface area contributed by atoms with Crippen molar-refractivity contribution in [3.05, 3.63) is 29.3 Å². The molecule has 1 N–H and O–H groups in total. The Kier molecular flexibility index (Phi) is 5.38. The topological polar surface area (TPSA) is 45.0 Å². The number of nitriles is 1. The number of aryl methyl sites for hydroxylation is 1. The number of rotatable bonds is 5. The lowest BCUT2D eigenvalue weighted by atomic mass is 10.1. The van der Waals surface area contributed by atoms with Gasteiger partial charge in [0.15, 0.2) is 6.10 Å². The lowest BCUT2D eigenvalue weighted by molar-refractivity contribution is 0.246. The Bertz CT molecular complexity index is 455. The molecule has 0 aromatic heterocycles. The van der Waals surface area contributed by atoms with Crippen LogP contribution >= 0.6 is 0 Å². The van der Waals surface area contributed by atoms with Crippen LogP contribution in [0.25, 0.3) is 0 Å². The molecule has 0 bridgehead atoms. The number of benzene rings is 1. The molecule has 0 fully saturated rings. The molecule has 104 valence electrons. The second-order valence-electron chi connectivity index (χ2n) is 5.81. The SMILES string of the molecule is CCC(C#N)Oc1c(C)cccc1CNC(C)(C)C. The van der Waals surface area contributed by atoms with Gasteiger partial charge in [0, 0.05) is 17.6 Å². The van der Waals surface area contributed by atoms with Crippen LogP contribution in [-0.2, 0) is 6.54 Å². The molecule has 1 aromatic rings. The van der Waals surface area contributed by atoms with Gasteiger partial charge in [0.2, 0.25) is 0 Å². The first-order valence-electron chi connectivity index (χ1n) is 6.77. The van der Waals surface area contributed by atoms with Gasteiger partial charge in [-0.25, -0.2) is 0 Å². The lowest BCUT2D eigenvalue weighted by Crippen LogP contribution is -2.35. The van der Waals surface area contributed by atoms with Gasteiger partial charge in [-0.15, -0.1) is 0 Å². The van der Waals surface area contributed by atoms with E-state index in [2.05, 4.69) is 32.2 Å². The van der Waals surface area contributed by atoms with E-state index in [1.54, 1.807) is 0 Å². The van der Waals surface area contributed by atoms with Crippen molar-refractivity contribution in [2.75, 3.05) is 0 Å². The molecule has 0 amide bonds. The zero-order valence-electron chi connectivity index (χ0n) is 12.6. The first kappa shape index (κ1) is 15.5. The van der Waals surface area contributed by atoms with Crippen molar-refractivity contribution < 1.29 is 4.74 Å². The zero-order chi connectivity index (χ0) is 14.5. The van der Waals surface area contributed by atoms with Crippen LogP contribution in [0.1, 0.15) is 45.2 Å². The molecule has 0 aliphatic carbocycles. The third-order valence-electron chi connectivity index (χ3n) is 2.88. The minimum Gasteiger partial charge on any atom is -0.475 e. The molecule has 3 nitrogen and oxygen atoms in total.